The smallest absolute Gasteiger partial charge is 0.355 e. The lowest BCUT2D eigenvalue weighted by molar-refractivity contribution is 0.0691. The van der Waals surface area contributed by atoms with Crippen LogP contribution in [0, 0.1) is 0 Å². The monoisotopic (exact) mass is 303 g/mol. The molecule has 108 valence electrons. The summed E-state index contributed by atoms with van der Waals surface area (Å²) in [5, 5.41) is 16.8. The summed E-state index contributed by atoms with van der Waals surface area (Å²) in [4.78, 5) is 26.7. The van der Waals surface area contributed by atoms with Crippen LogP contribution in [0.15, 0.2) is 23.6 Å². The summed E-state index contributed by atoms with van der Waals surface area (Å²) in [7, 11) is 0. The van der Waals surface area contributed by atoms with Crippen LogP contribution in [0.5, 0.6) is 0 Å². The third kappa shape index (κ3) is 2.93. The van der Waals surface area contributed by atoms with E-state index in [4.69, 9.17) is 5.11 Å². The van der Waals surface area contributed by atoms with Gasteiger partial charge >= 0.3 is 5.97 Å². The first-order valence-electron chi connectivity index (χ1n) is 6.42. The van der Waals surface area contributed by atoms with Gasteiger partial charge in [0.15, 0.2) is 5.69 Å². The summed E-state index contributed by atoms with van der Waals surface area (Å²) in [5.41, 5.74) is 2.97. The Morgan fingerprint density at radius 2 is 2.14 bits per heavy atom. The molecule has 1 amide bonds. The van der Waals surface area contributed by atoms with Gasteiger partial charge in [-0.05, 0) is 23.3 Å². The van der Waals surface area contributed by atoms with Gasteiger partial charge in [0, 0.05) is 24.0 Å². The second kappa shape index (κ2) is 5.63. The molecule has 2 heterocycles. The molecule has 1 aromatic heterocycles. The molecule has 0 saturated carbocycles. The van der Waals surface area contributed by atoms with E-state index in [-0.39, 0.29) is 18.1 Å². The Morgan fingerprint density at radius 1 is 1.33 bits per heavy atom. The van der Waals surface area contributed by atoms with Crippen molar-refractivity contribution in [2.75, 3.05) is 0 Å². The molecule has 6 nitrogen and oxygen atoms in total. The van der Waals surface area contributed by atoms with Crippen molar-refractivity contribution in [1.29, 1.82) is 0 Å². The van der Waals surface area contributed by atoms with E-state index in [2.05, 4.69) is 15.6 Å². The molecule has 3 N–H and O–H groups in total. The minimum Gasteiger partial charge on any atom is -0.476 e. The molecule has 21 heavy (non-hydrogen) atoms. The number of carbonyl (C=O) groups is 2. The topological polar surface area (TPSA) is 91.3 Å². The Labute approximate surface area is 124 Å². The van der Waals surface area contributed by atoms with Gasteiger partial charge in [0.05, 0.1) is 6.54 Å². The van der Waals surface area contributed by atoms with Crippen LogP contribution in [0.2, 0.25) is 0 Å². The minimum absolute atomic E-state index is 0.00727. The van der Waals surface area contributed by atoms with Crippen molar-refractivity contribution in [2.24, 2.45) is 0 Å². The molecule has 2 aromatic rings. The van der Waals surface area contributed by atoms with Crippen LogP contribution in [0.4, 0.5) is 0 Å². The first kappa shape index (κ1) is 13.7. The molecule has 0 unspecified atom stereocenters. The molecule has 1 aliphatic heterocycles. The fourth-order valence-electron chi connectivity index (χ4n) is 2.18. The highest BCUT2D eigenvalue weighted by atomic mass is 32.1. The summed E-state index contributed by atoms with van der Waals surface area (Å²) in [6.45, 7) is 1.85. The standard InChI is InChI=1S/C14H13N3O3S/c18-13(8-1-2-9-4-15-5-10(9)3-8)16-6-12-17-11(7-21-12)14(19)20/h1-3,7,15H,4-6H2,(H,16,18)(H,19,20). The first-order valence-corrected chi connectivity index (χ1v) is 7.30. The Bertz CT molecular complexity index is 711. The molecule has 0 spiro atoms. The first-order chi connectivity index (χ1) is 10.1. The predicted octanol–water partition coefficient (Wildman–Crippen LogP) is 1.37. The number of hydrogen-bond donors (Lipinski definition) is 3. The molecule has 1 aromatic carbocycles. The van der Waals surface area contributed by atoms with E-state index in [1.165, 1.54) is 22.3 Å². The SMILES string of the molecule is O=C(NCc1nc(C(=O)O)cs1)c1ccc2c(c1)CNC2. The zero-order chi connectivity index (χ0) is 14.8. The number of rotatable bonds is 4. The van der Waals surface area contributed by atoms with Gasteiger partial charge < -0.3 is 15.7 Å². The van der Waals surface area contributed by atoms with Crippen molar-refractivity contribution in [3.05, 3.63) is 51.0 Å². The zero-order valence-corrected chi connectivity index (χ0v) is 11.9. The molecule has 0 bridgehead atoms. The number of benzene rings is 1. The number of aromatic nitrogens is 1. The van der Waals surface area contributed by atoms with Gasteiger partial charge in [0.25, 0.3) is 5.91 Å². The molecule has 0 radical (unpaired) electrons. The van der Waals surface area contributed by atoms with Gasteiger partial charge in [-0.2, -0.15) is 0 Å². The molecular weight excluding hydrogens is 290 g/mol. The largest absolute Gasteiger partial charge is 0.476 e. The lowest BCUT2D eigenvalue weighted by Gasteiger charge is -2.05. The third-order valence-corrected chi connectivity index (χ3v) is 4.12. The molecule has 7 heteroatoms. The minimum atomic E-state index is -1.06. The Hall–Kier alpha value is -2.25. The van der Waals surface area contributed by atoms with Crippen LogP contribution in [0.3, 0.4) is 0 Å². The third-order valence-electron chi connectivity index (χ3n) is 3.27. The highest BCUT2D eigenvalue weighted by Gasteiger charge is 2.14. The Morgan fingerprint density at radius 3 is 2.90 bits per heavy atom. The van der Waals surface area contributed by atoms with Gasteiger partial charge in [-0.3, -0.25) is 4.79 Å². The number of fused-ring (bicyclic) bond motifs is 1. The van der Waals surface area contributed by atoms with Crippen LogP contribution in [-0.4, -0.2) is 22.0 Å². The second-order valence-corrected chi connectivity index (χ2v) is 5.64. The molecule has 0 aliphatic carbocycles. The van der Waals surface area contributed by atoms with Crippen molar-refractivity contribution >= 4 is 23.2 Å². The van der Waals surface area contributed by atoms with Gasteiger partial charge in [0.2, 0.25) is 0 Å². The van der Waals surface area contributed by atoms with Crippen LogP contribution >= 0.6 is 11.3 Å². The summed E-state index contributed by atoms with van der Waals surface area (Å²) in [6, 6.07) is 5.64. The highest BCUT2D eigenvalue weighted by Crippen LogP contribution is 2.17. The fraction of sp³-hybridized carbons (Fsp3) is 0.214. The van der Waals surface area contributed by atoms with Gasteiger partial charge in [-0.25, -0.2) is 9.78 Å². The number of hydrogen-bond acceptors (Lipinski definition) is 5. The van der Waals surface area contributed by atoms with E-state index in [0.29, 0.717) is 10.6 Å². The van der Waals surface area contributed by atoms with Crippen molar-refractivity contribution in [1.82, 2.24) is 15.6 Å². The number of carboxylic acids is 1. The quantitative estimate of drug-likeness (QED) is 0.793. The number of carbonyl (C=O) groups excluding carboxylic acids is 1. The highest BCUT2D eigenvalue weighted by molar-refractivity contribution is 7.09. The van der Waals surface area contributed by atoms with Crippen molar-refractivity contribution < 1.29 is 14.7 Å². The van der Waals surface area contributed by atoms with Crippen LogP contribution in [0.25, 0.3) is 0 Å². The fourth-order valence-corrected chi connectivity index (χ4v) is 2.89. The number of carboxylic acid groups (broad SMARTS) is 1. The summed E-state index contributed by atoms with van der Waals surface area (Å²) in [5.74, 6) is -1.24. The number of amides is 1. The average molecular weight is 303 g/mol. The molecule has 0 fully saturated rings. The Kier molecular flexibility index (Phi) is 3.68. The maximum atomic E-state index is 12.1. The van der Waals surface area contributed by atoms with Crippen LogP contribution in [0.1, 0.15) is 37.0 Å². The second-order valence-electron chi connectivity index (χ2n) is 4.70. The van der Waals surface area contributed by atoms with Crippen molar-refractivity contribution in [3.8, 4) is 0 Å². The number of nitrogens with one attached hydrogen (secondary N) is 2. The maximum Gasteiger partial charge on any atom is 0.355 e. The van der Waals surface area contributed by atoms with Crippen LogP contribution < -0.4 is 10.6 Å². The zero-order valence-electron chi connectivity index (χ0n) is 11.0. The summed E-state index contributed by atoms with van der Waals surface area (Å²) < 4.78 is 0. The molecular formula is C14H13N3O3S. The number of nitrogens with zero attached hydrogens (tertiary/aromatic N) is 1. The summed E-state index contributed by atoms with van der Waals surface area (Å²) in [6.07, 6.45) is 0. The lowest BCUT2D eigenvalue weighted by Crippen LogP contribution is -2.23. The van der Waals surface area contributed by atoms with Gasteiger partial charge in [-0.1, -0.05) is 6.07 Å². The predicted molar refractivity (Wildman–Crippen MR) is 77.2 cm³/mol. The maximum absolute atomic E-state index is 12.1. The average Bonchev–Trinajstić information content (AvgIpc) is 3.12. The molecule has 0 saturated heterocycles. The van der Waals surface area contributed by atoms with Gasteiger partial charge in [-0.15, -0.1) is 11.3 Å². The van der Waals surface area contributed by atoms with E-state index < -0.39 is 5.97 Å². The van der Waals surface area contributed by atoms with E-state index in [1.807, 2.05) is 12.1 Å². The molecule has 1 aliphatic rings. The van der Waals surface area contributed by atoms with E-state index in [1.54, 1.807) is 6.07 Å². The van der Waals surface area contributed by atoms with Gasteiger partial charge in [0.1, 0.15) is 5.01 Å². The number of thiazole rings is 1. The summed E-state index contributed by atoms with van der Waals surface area (Å²) >= 11 is 1.22. The Balaban J connectivity index is 1.64. The normalized spacial score (nSPS) is 13.0. The van der Waals surface area contributed by atoms with Crippen molar-refractivity contribution in [3.63, 3.8) is 0 Å². The number of aromatic carboxylic acids is 1. The molecule has 3 rings (SSSR count). The van der Waals surface area contributed by atoms with E-state index >= 15 is 0 Å². The van der Waals surface area contributed by atoms with E-state index in [0.717, 1.165) is 18.7 Å². The lowest BCUT2D eigenvalue weighted by atomic mass is 10.1. The van der Waals surface area contributed by atoms with Crippen molar-refractivity contribution in [2.45, 2.75) is 19.6 Å². The van der Waals surface area contributed by atoms with E-state index in [9.17, 15) is 9.59 Å². The van der Waals surface area contributed by atoms with Crippen LogP contribution in [-0.2, 0) is 19.6 Å². The molecule has 0 atom stereocenters.